The lowest BCUT2D eigenvalue weighted by atomic mass is 9.83. The van der Waals surface area contributed by atoms with Crippen molar-refractivity contribution in [3.63, 3.8) is 0 Å². The summed E-state index contributed by atoms with van der Waals surface area (Å²) in [6.07, 6.45) is 0. The van der Waals surface area contributed by atoms with Gasteiger partial charge < -0.3 is 4.74 Å². The number of ketones is 2. The van der Waals surface area contributed by atoms with Crippen molar-refractivity contribution in [3.8, 4) is 11.5 Å². The maximum absolute atomic E-state index is 13.2. The highest BCUT2D eigenvalue weighted by Crippen LogP contribution is 2.42. The van der Waals surface area contributed by atoms with Crippen molar-refractivity contribution in [2.75, 3.05) is 0 Å². The second-order valence-electron chi connectivity index (χ2n) is 8.11. The first-order chi connectivity index (χ1) is 14.3. The largest absolute Gasteiger partial charge is 0.456 e. The number of azide groups is 1. The third kappa shape index (κ3) is 3.23. The number of ether oxygens (including phenoxy) is 1. The Kier molecular flexibility index (Phi) is 4.65. The molecule has 0 aliphatic heterocycles. The highest BCUT2D eigenvalue weighted by molar-refractivity contribution is 6.29. The summed E-state index contributed by atoms with van der Waals surface area (Å²) in [7, 11) is 0. The van der Waals surface area contributed by atoms with Gasteiger partial charge in [0, 0.05) is 21.6 Å². The third-order valence-electron chi connectivity index (χ3n) is 5.12. The van der Waals surface area contributed by atoms with E-state index in [1.165, 1.54) is 12.1 Å². The van der Waals surface area contributed by atoms with E-state index in [4.69, 9.17) is 10.3 Å². The Bertz CT molecular complexity index is 1230. The minimum atomic E-state index is -0.337. The van der Waals surface area contributed by atoms with Gasteiger partial charge in [0.2, 0.25) is 0 Å². The number of hydrogen-bond donors (Lipinski definition) is 0. The van der Waals surface area contributed by atoms with Crippen LogP contribution in [0.15, 0.2) is 65.8 Å². The number of nitrogens with zero attached hydrogens (tertiary/aromatic N) is 3. The monoisotopic (exact) mass is 397 g/mol. The van der Waals surface area contributed by atoms with E-state index in [2.05, 4.69) is 30.8 Å². The molecule has 0 radical (unpaired) electrons. The second kappa shape index (κ2) is 7.17. The quantitative estimate of drug-likeness (QED) is 0.224. The van der Waals surface area contributed by atoms with E-state index < -0.39 is 0 Å². The van der Waals surface area contributed by atoms with Crippen LogP contribution in [0.4, 0.5) is 5.69 Å². The van der Waals surface area contributed by atoms with E-state index in [9.17, 15) is 9.59 Å². The smallest absolute Gasteiger partial charge is 0.198 e. The number of rotatable bonds is 3. The molecule has 3 aromatic carbocycles. The first-order valence-corrected chi connectivity index (χ1v) is 9.50. The molecule has 0 aromatic heterocycles. The standard InChI is InChI=1S/C24H19N3O3/c1-24(2,3)14-8-10-15(11-9-14)30-23-19(26-27-25)13-12-18-20(23)22(29)17-7-5-4-6-16(17)21(18)28/h4-13H,1-3H3. The molecule has 0 saturated heterocycles. The van der Waals surface area contributed by atoms with Gasteiger partial charge in [-0.15, -0.1) is 0 Å². The number of benzene rings is 3. The molecule has 1 aliphatic rings. The van der Waals surface area contributed by atoms with Crippen LogP contribution < -0.4 is 4.74 Å². The summed E-state index contributed by atoms with van der Waals surface area (Å²) in [5.74, 6) is -0.0383. The normalized spacial score (nSPS) is 12.6. The fourth-order valence-electron chi connectivity index (χ4n) is 3.52. The summed E-state index contributed by atoms with van der Waals surface area (Å²) >= 11 is 0. The van der Waals surface area contributed by atoms with Crippen molar-refractivity contribution in [1.29, 1.82) is 0 Å². The molecular weight excluding hydrogens is 378 g/mol. The maximum Gasteiger partial charge on any atom is 0.198 e. The van der Waals surface area contributed by atoms with Crippen LogP contribution in [0.3, 0.4) is 0 Å². The molecule has 4 rings (SSSR count). The molecule has 0 saturated carbocycles. The molecule has 6 nitrogen and oxygen atoms in total. The summed E-state index contributed by atoms with van der Waals surface area (Å²) in [6, 6.07) is 17.1. The van der Waals surface area contributed by atoms with E-state index in [1.54, 1.807) is 36.4 Å². The Morgan fingerprint density at radius 3 is 2.07 bits per heavy atom. The zero-order chi connectivity index (χ0) is 21.5. The van der Waals surface area contributed by atoms with Gasteiger partial charge in [0.25, 0.3) is 0 Å². The number of hydrogen-bond acceptors (Lipinski definition) is 4. The Balaban J connectivity index is 1.86. The molecule has 0 atom stereocenters. The van der Waals surface area contributed by atoms with Crippen molar-refractivity contribution in [3.05, 3.63) is 98.9 Å². The van der Waals surface area contributed by atoms with E-state index in [-0.39, 0.29) is 39.5 Å². The van der Waals surface area contributed by atoms with Crippen molar-refractivity contribution in [2.24, 2.45) is 5.11 Å². The highest BCUT2D eigenvalue weighted by Gasteiger charge is 2.33. The predicted octanol–water partition coefficient (Wildman–Crippen LogP) is 6.49. The second-order valence-corrected chi connectivity index (χ2v) is 8.11. The lowest BCUT2D eigenvalue weighted by Gasteiger charge is -2.22. The molecule has 6 heteroatoms. The molecule has 3 aromatic rings. The van der Waals surface area contributed by atoms with Crippen molar-refractivity contribution < 1.29 is 14.3 Å². The molecule has 148 valence electrons. The minimum Gasteiger partial charge on any atom is -0.456 e. The van der Waals surface area contributed by atoms with Gasteiger partial charge >= 0.3 is 0 Å². The van der Waals surface area contributed by atoms with Crippen LogP contribution in [0, 0.1) is 0 Å². The van der Waals surface area contributed by atoms with E-state index in [1.807, 2.05) is 12.1 Å². The van der Waals surface area contributed by atoms with E-state index >= 15 is 0 Å². The molecule has 0 heterocycles. The summed E-state index contributed by atoms with van der Waals surface area (Å²) in [4.78, 5) is 29.1. The Morgan fingerprint density at radius 2 is 1.47 bits per heavy atom. The fraction of sp³-hybridized carbons (Fsp3) is 0.167. The SMILES string of the molecule is CC(C)(C)c1ccc(Oc2c(N=[N+]=[N-])ccc3c2C(=O)c2ccccc2C3=O)cc1. The van der Waals surface area contributed by atoms with Crippen LogP contribution in [-0.4, -0.2) is 11.6 Å². The van der Waals surface area contributed by atoms with Crippen molar-refractivity contribution >= 4 is 17.3 Å². The van der Waals surface area contributed by atoms with Crippen LogP contribution in [0.1, 0.15) is 58.2 Å². The minimum absolute atomic E-state index is 0.0210. The highest BCUT2D eigenvalue weighted by atomic mass is 16.5. The lowest BCUT2D eigenvalue weighted by molar-refractivity contribution is 0.0977. The molecule has 0 unspecified atom stereocenters. The molecule has 0 spiro atoms. The summed E-state index contributed by atoms with van der Waals surface area (Å²) in [5, 5.41) is 3.68. The van der Waals surface area contributed by atoms with Crippen LogP contribution in [0.25, 0.3) is 10.4 Å². The van der Waals surface area contributed by atoms with Gasteiger partial charge in [0.1, 0.15) is 11.5 Å². The van der Waals surface area contributed by atoms with Gasteiger partial charge in [-0.2, -0.15) is 0 Å². The van der Waals surface area contributed by atoms with Crippen molar-refractivity contribution in [2.45, 2.75) is 26.2 Å². The summed E-state index contributed by atoms with van der Waals surface area (Å²) in [6.45, 7) is 6.33. The van der Waals surface area contributed by atoms with Gasteiger partial charge in [-0.1, -0.05) is 62.3 Å². The molecule has 1 aliphatic carbocycles. The summed E-state index contributed by atoms with van der Waals surface area (Å²) in [5.41, 5.74) is 11.2. The zero-order valence-corrected chi connectivity index (χ0v) is 16.8. The Hall–Kier alpha value is -3.89. The van der Waals surface area contributed by atoms with E-state index in [0.717, 1.165) is 5.56 Å². The van der Waals surface area contributed by atoms with Crippen LogP contribution in [-0.2, 0) is 5.41 Å². The molecular formula is C24H19N3O3. The molecule has 30 heavy (non-hydrogen) atoms. The Labute approximate surface area is 173 Å². The van der Waals surface area contributed by atoms with Gasteiger partial charge in [-0.3, -0.25) is 9.59 Å². The molecule has 0 fully saturated rings. The molecule has 0 amide bonds. The van der Waals surface area contributed by atoms with Gasteiger partial charge in [-0.05, 0) is 40.8 Å². The molecule has 0 N–H and O–H groups in total. The van der Waals surface area contributed by atoms with Crippen LogP contribution >= 0.6 is 0 Å². The average Bonchev–Trinajstić information content (AvgIpc) is 2.73. The number of carbonyl (C=O) groups excluding carboxylic acids is 2. The first kappa shape index (κ1) is 19.4. The molecule has 0 bridgehead atoms. The van der Waals surface area contributed by atoms with Crippen LogP contribution in [0.5, 0.6) is 11.5 Å². The van der Waals surface area contributed by atoms with E-state index in [0.29, 0.717) is 16.9 Å². The average molecular weight is 397 g/mol. The van der Waals surface area contributed by atoms with Gasteiger partial charge in [0.05, 0.1) is 11.3 Å². The van der Waals surface area contributed by atoms with Crippen molar-refractivity contribution in [1.82, 2.24) is 0 Å². The summed E-state index contributed by atoms with van der Waals surface area (Å²) < 4.78 is 6.02. The Morgan fingerprint density at radius 1 is 0.833 bits per heavy atom. The predicted molar refractivity (Wildman–Crippen MR) is 114 cm³/mol. The zero-order valence-electron chi connectivity index (χ0n) is 16.8. The fourth-order valence-corrected chi connectivity index (χ4v) is 3.52. The number of fused-ring (bicyclic) bond motifs is 2. The van der Waals surface area contributed by atoms with Crippen LogP contribution in [0.2, 0.25) is 0 Å². The maximum atomic E-state index is 13.2. The lowest BCUT2D eigenvalue weighted by Crippen LogP contribution is -2.21. The van der Waals surface area contributed by atoms with Gasteiger partial charge in [0.15, 0.2) is 11.6 Å². The third-order valence-corrected chi connectivity index (χ3v) is 5.12. The van der Waals surface area contributed by atoms with Gasteiger partial charge in [-0.25, -0.2) is 0 Å². The first-order valence-electron chi connectivity index (χ1n) is 9.50. The number of carbonyl (C=O) groups is 2. The topological polar surface area (TPSA) is 92.1 Å².